The second-order valence-corrected chi connectivity index (χ2v) is 8.72. The van der Waals surface area contributed by atoms with E-state index in [1.165, 1.54) is 5.56 Å². The van der Waals surface area contributed by atoms with E-state index in [0.717, 1.165) is 54.1 Å². The highest BCUT2D eigenvalue weighted by Gasteiger charge is 2.18. The summed E-state index contributed by atoms with van der Waals surface area (Å²) in [6, 6.07) is 12.4. The molecule has 0 atom stereocenters. The van der Waals surface area contributed by atoms with Crippen molar-refractivity contribution >= 4 is 16.9 Å². The Bertz CT molecular complexity index is 1330. The molecular weight excluding hydrogens is 416 g/mol. The molecule has 5 rings (SSSR count). The smallest absolute Gasteiger partial charge is 0.278 e. The maximum Gasteiger partial charge on any atom is 0.278 e. The first kappa shape index (κ1) is 21.3. The van der Waals surface area contributed by atoms with Crippen LogP contribution in [0.1, 0.15) is 29.8 Å². The molecule has 170 valence electrons. The summed E-state index contributed by atoms with van der Waals surface area (Å²) in [7, 11) is 1.91. The number of anilines is 1. The molecular formula is C25H28N6O2. The molecule has 8 nitrogen and oxygen atoms in total. The van der Waals surface area contributed by atoms with Crippen LogP contribution in [0, 0.1) is 13.8 Å². The Morgan fingerprint density at radius 1 is 1.12 bits per heavy atom. The summed E-state index contributed by atoms with van der Waals surface area (Å²) in [5, 5.41) is 8.66. The zero-order valence-electron chi connectivity index (χ0n) is 19.2. The molecule has 4 heterocycles. The van der Waals surface area contributed by atoms with Crippen molar-refractivity contribution in [3.63, 3.8) is 0 Å². The molecule has 1 aromatic carbocycles. The van der Waals surface area contributed by atoms with E-state index in [2.05, 4.69) is 39.4 Å². The Morgan fingerprint density at radius 2 is 1.88 bits per heavy atom. The Kier molecular flexibility index (Phi) is 5.68. The van der Waals surface area contributed by atoms with Crippen molar-refractivity contribution in [1.29, 1.82) is 0 Å². The fraction of sp³-hybridized carbons (Fsp3) is 0.360. The zero-order valence-corrected chi connectivity index (χ0v) is 19.2. The number of ether oxygens (including phenoxy) is 1. The van der Waals surface area contributed by atoms with Crippen molar-refractivity contribution in [3.8, 4) is 11.3 Å². The van der Waals surface area contributed by atoms with Crippen LogP contribution >= 0.6 is 0 Å². The number of aryl methyl sites for hydroxylation is 3. The summed E-state index contributed by atoms with van der Waals surface area (Å²) in [4.78, 5) is 22.8. The predicted octanol–water partition coefficient (Wildman–Crippen LogP) is 3.45. The molecule has 0 amide bonds. The second kappa shape index (κ2) is 8.78. The number of fused-ring (bicyclic) bond motifs is 1. The van der Waals surface area contributed by atoms with Gasteiger partial charge in [-0.1, -0.05) is 29.8 Å². The molecule has 1 aliphatic rings. The molecule has 0 radical (unpaired) electrons. The van der Waals surface area contributed by atoms with E-state index in [1.807, 2.05) is 42.9 Å². The Balaban J connectivity index is 1.61. The average Bonchev–Trinajstić information content (AvgIpc) is 3.14. The fourth-order valence-electron chi connectivity index (χ4n) is 4.22. The van der Waals surface area contributed by atoms with Crippen molar-refractivity contribution in [2.45, 2.75) is 39.3 Å². The van der Waals surface area contributed by atoms with Gasteiger partial charge in [0.1, 0.15) is 5.52 Å². The third-order valence-corrected chi connectivity index (χ3v) is 6.23. The third-order valence-electron chi connectivity index (χ3n) is 6.23. The van der Waals surface area contributed by atoms with E-state index in [9.17, 15) is 4.79 Å². The van der Waals surface area contributed by atoms with E-state index in [4.69, 9.17) is 4.74 Å². The lowest BCUT2D eigenvalue weighted by Gasteiger charge is -2.23. The number of hydrogen-bond acceptors (Lipinski definition) is 6. The third kappa shape index (κ3) is 4.39. The second-order valence-electron chi connectivity index (χ2n) is 8.72. The van der Waals surface area contributed by atoms with E-state index >= 15 is 0 Å². The van der Waals surface area contributed by atoms with E-state index in [-0.39, 0.29) is 11.6 Å². The first-order valence-corrected chi connectivity index (χ1v) is 11.3. The fourth-order valence-corrected chi connectivity index (χ4v) is 4.22. The maximum atomic E-state index is 13.7. The predicted molar refractivity (Wildman–Crippen MR) is 128 cm³/mol. The SMILES string of the molecule is Cc1ccc(-c2cc3cnc(NC4CCOCC4)nc3c(=O)n2Cc2cc(C)n(C)n2)cc1. The number of aromatic nitrogens is 5. The topological polar surface area (TPSA) is 86.9 Å². The number of rotatable bonds is 5. The molecule has 8 heteroatoms. The van der Waals surface area contributed by atoms with Gasteiger partial charge in [-0.25, -0.2) is 9.97 Å². The Labute approximate surface area is 192 Å². The molecule has 1 saturated heterocycles. The number of hydrogen-bond donors (Lipinski definition) is 1. The van der Waals surface area contributed by atoms with Crippen LogP contribution in [0.4, 0.5) is 5.95 Å². The van der Waals surface area contributed by atoms with Gasteiger partial charge in [0.15, 0.2) is 0 Å². The van der Waals surface area contributed by atoms with Gasteiger partial charge in [0.25, 0.3) is 5.56 Å². The minimum absolute atomic E-state index is 0.149. The van der Waals surface area contributed by atoms with Crippen LogP contribution in [0.3, 0.4) is 0 Å². The molecule has 0 spiro atoms. The van der Waals surface area contributed by atoms with E-state index in [0.29, 0.717) is 18.0 Å². The summed E-state index contributed by atoms with van der Waals surface area (Å²) >= 11 is 0. The minimum atomic E-state index is -0.149. The van der Waals surface area contributed by atoms with E-state index < -0.39 is 0 Å². The highest BCUT2D eigenvalue weighted by molar-refractivity contribution is 5.82. The first-order chi connectivity index (χ1) is 16.0. The standard InChI is InChI=1S/C25H28N6O2/c1-16-4-6-18(7-5-16)22-13-19-14-26-25(27-20-8-10-33-11-9-20)28-23(19)24(32)31(22)15-21-12-17(2)30(3)29-21/h4-7,12-14,20H,8-11,15H2,1-3H3,(H,26,27,28). The van der Waals surface area contributed by atoms with Gasteiger partial charge in [0.2, 0.25) is 5.95 Å². The summed E-state index contributed by atoms with van der Waals surface area (Å²) in [5.41, 5.74) is 5.09. The molecule has 1 N–H and O–H groups in total. The van der Waals surface area contributed by atoms with Crippen molar-refractivity contribution in [2.24, 2.45) is 7.05 Å². The van der Waals surface area contributed by atoms with Gasteiger partial charge in [-0.15, -0.1) is 0 Å². The molecule has 0 bridgehead atoms. The highest BCUT2D eigenvalue weighted by atomic mass is 16.5. The first-order valence-electron chi connectivity index (χ1n) is 11.3. The van der Waals surface area contributed by atoms with Gasteiger partial charge in [0.05, 0.1) is 17.9 Å². The maximum absolute atomic E-state index is 13.7. The van der Waals surface area contributed by atoms with Crippen LogP contribution in [0.15, 0.2) is 47.4 Å². The monoisotopic (exact) mass is 444 g/mol. The Morgan fingerprint density at radius 3 is 2.58 bits per heavy atom. The minimum Gasteiger partial charge on any atom is -0.381 e. The van der Waals surface area contributed by atoms with Crippen molar-refractivity contribution in [2.75, 3.05) is 18.5 Å². The molecule has 0 unspecified atom stereocenters. The lowest BCUT2D eigenvalue weighted by Crippen LogP contribution is -2.29. The summed E-state index contributed by atoms with van der Waals surface area (Å²) < 4.78 is 9.02. The average molecular weight is 445 g/mol. The number of nitrogens with zero attached hydrogens (tertiary/aromatic N) is 5. The molecule has 0 saturated carbocycles. The van der Waals surface area contributed by atoms with Crippen LogP contribution in [0.2, 0.25) is 0 Å². The van der Waals surface area contributed by atoms with Crippen molar-refractivity contribution in [3.05, 3.63) is 69.9 Å². The normalized spacial score (nSPS) is 14.6. The van der Waals surface area contributed by atoms with Gasteiger partial charge in [-0.3, -0.25) is 9.48 Å². The van der Waals surface area contributed by atoms with Crippen molar-refractivity contribution in [1.82, 2.24) is 24.3 Å². The highest BCUT2D eigenvalue weighted by Crippen LogP contribution is 2.24. The summed E-state index contributed by atoms with van der Waals surface area (Å²) in [6.07, 6.45) is 3.53. The summed E-state index contributed by atoms with van der Waals surface area (Å²) in [6.45, 7) is 5.87. The van der Waals surface area contributed by atoms with Crippen LogP contribution in [-0.4, -0.2) is 43.6 Å². The Hall–Kier alpha value is -3.52. The van der Waals surface area contributed by atoms with Crippen LogP contribution in [0.5, 0.6) is 0 Å². The van der Waals surface area contributed by atoms with Crippen molar-refractivity contribution < 1.29 is 4.74 Å². The summed E-state index contributed by atoms with van der Waals surface area (Å²) in [5.74, 6) is 0.481. The van der Waals surface area contributed by atoms with E-state index in [1.54, 1.807) is 10.8 Å². The lowest BCUT2D eigenvalue weighted by atomic mass is 10.1. The van der Waals surface area contributed by atoms with Gasteiger partial charge in [-0.2, -0.15) is 5.10 Å². The molecule has 0 aliphatic carbocycles. The number of pyridine rings is 1. The van der Waals surface area contributed by atoms with Gasteiger partial charge in [-0.05, 0) is 44.4 Å². The quantitative estimate of drug-likeness (QED) is 0.507. The van der Waals surface area contributed by atoms with Gasteiger partial charge >= 0.3 is 0 Å². The zero-order chi connectivity index (χ0) is 22.9. The molecule has 4 aromatic rings. The number of nitrogens with one attached hydrogen (secondary N) is 1. The molecule has 33 heavy (non-hydrogen) atoms. The van der Waals surface area contributed by atoms with Crippen LogP contribution in [0.25, 0.3) is 22.2 Å². The van der Waals surface area contributed by atoms with Crippen LogP contribution in [-0.2, 0) is 18.3 Å². The van der Waals surface area contributed by atoms with Gasteiger partial charge in [0, 0.05) is 43.6 Å². The largest absolute Gasteiger partial charge is 0.381 e. The molecule has 1 fully saturated rings. The van der Waals surface area contributed by atoms with Crippen LogP contribution < -0.4 is 10.9 Å². The number of benzene rings is 1. The molecule has 1 aliphatic heterocycles. The lowest BCUT2D eigenvalue weighted by molar-refractivity contribution is 0.0903. The van der Waals surface area contributed by atoms with Gasteiger partial charge < -0.3 is 14.6 Å². The molecule has 3 aromatic heterocycles.